The molecule has 0 aromatic heterocycles. The Morgan fingerprint density at radius 3 is 1.94 bits per heavy atom. The smallest absolute Gasteiger partial charge is 0.337 e. The Hall–Kier alpha value is -4.84. The lowest BCUT2D eigenvalue weighted by molar-refractivity contribution is 0.0600. The number of hydrogen-bond donors (Lipinski definition) is 0. The Kier molecular flexibility index (Phi) is 8.12. The molecule has 0 radical (unpaired) electrons. The molecule has 6 heteroatoms. The topological polar surface area (TPSA) is 77.3 Å². The minimum Gasteiger partial charge on any atom is -0.489 e. The van der Waals surface area contributed by atoms with Gasteiger partial charge in [0, 0.05) is 11.1 Å². The van der Waals surface area contributed by atoms with Gasteiger partial charge in [0.05, 0.1) is 18.9 Å². The van der Waals surface area contributed by atoms with Crippen molar-refractivity contribution in [1.29, 1.82) is 0 Å². The number of ether oxygens (including phenoxy) is 2. The second kappa shape index (κ2) is 12.0. The van der Waals surface area contributed by atoms with Crippen LogP contribution in [0, 0.1) is 0 Å². The molecule has 4 rings (SSSR count). The summed E-state index contributed by atoms with van der Waals surface area (Å²) in [7, 11) is 1.35. The molecule has 0 saturated heterocycles. The average Bonchev–Trinajstić information content (AvgIpc) is 2.95. The van der Waals surface area contributed by atoms with Crippen LogP contribution < -0.4 is 4.74 Å². The van der Waals surface area contributed by atoms with Crippen LogP contribution in [0.3, 0.4) is 0 Å². The lowest BCUT2D eigenvalue weighted by Crippen LogP contribution is -2.15. The number of nitrogens with zero attached hydrogens (tertiary/aromatic N) is 2. The minimum atomic E-state index is -0.371. The van der Waals surface area contributed by atoms with Crippen molar-refractivity contribution in [2.24, 2.45) is 10.2 Å². The Bertz CT molecular complexity index is 1360. The van der Waals surface area contributed by atoms with E-state index >= 15 is 0 Å². The summed E-state index contributed by atoms with van der Waals surface area (Å²) < 4.78 is 10.5. The van der Waals surface area contributed by atoms with Crippen LogP contribution in [0.2, 0.25) is 0 Å². The van der Waals surface area contributed by atoms with Crippen LogP contribution in [0.15, 0.2) is 119 Å². The first-order valence-corrected chi connectivity index (χ1v) is 11.3. The fraction of sp³-hybridized carbons (Fsp3) is 0.0667. The van der Waals surface area contributed by atoms with Crippen molar-refractivity contribution in [3.63, 3.8) is 0 Å². The molecule has 0 saturated carbocycles. The van der Waals surface area contributed by atoms with Crippen molar-refractivity contribution in [1.82, 2.24) is 0 Å². The maximum atomic E-state index is 13.0. The first-order valence-electron chi connectivity index (χ1n) is 11.3. The lowest BCUT2D eigenvalue weighted by atomic mass is 10.0. The standard InChI is InChI=1S/C30H24N2O4/c1-35-30(34)26-16-12-23(13-17-26)21-36-27-18-14-22(15-19-27)20-31-32-28(24-8-4-2-5-9-24)29(33)25-10-6-3-7-11-25/h2-20H,21H2,1H3. The summed E-state index contributed by atoms with van der Waals surface area (Å²) in [5.74, 6) is 0.128. The maximum absolute atomic E-state index is 13.0. The zero-order valence-corrected chi connectivity index (χ0v) is 19.7. The number of methoxy groups -OCH3 is 1. The minimum absolute atomic E-state index is 0.192. The van der Waals surface area contributed by atoms with Crippen molar-refractivity contribution in [2.45, 2.75) is 6.61 Å². The normalized spacial score (nSPS) is 11.3. The Labute approximate surface area is 209 Å². The summed E-state index contributed by atoms with van der Waals surface area (Å²) in [5, 5.41) is 8.44. The van der Waals surface area contributed by atoms with Crippen LogP contribution in [-0.2, 0) is 11.3 Å². The average molecular weight is 477 g/mol. The van der Waals surface area contributed by atoms with Crippen molar-refractivity contribution >= 4 is 23.7 Å². The fourth-order valence-corrected chi connectivity index (χ4v) is 3.38. The zero-order chi connectivity index (χ0) is 25.2. The van der Waals surface area contributed by atoms with E-state index in [1.165, 1.54) is 7.11 Å². The summed E-state index contributed by atoms with van der Waals surface area (Å²) in [5.41, 5.74) is 3.76. The van der Waals surface area contributed by atoms with Crippen molar-refractivity contribution in [3.05, 3.63) is 137 Å². The Morgan fingerprint density at radius 1 is 0.722 bits per heavy atom. The van der Waals surface area contributed by atoms with Gasteiger partial charge in [-0.2, -0.15) is 5.10 Å². The molecule has 36 heavy (non-hydrogen) atoms. The summed E-state index contributed by atoms with van der Waals surface area (Å²) in [6.07, 6.45) is 1.59. The molecule has 0 aliphatic heterocycles. The van der Waals surface area contributed by atoms with E-state index in [0.29, 0.717) is 29.0 Å². The molecule has 4 aromatic carbocycles. The van der Waals surface area contributed by atoms with Gasteiger partial charge in [-0.25, -0.2) is 4.79 Å². The SMILES string of the molecule is COC(=O)c1ccc(COc2ccc(C=NN=C(C(=O)c3ccccc3)c3ccccc3)cc2)cc1. The second-order valence-electron chi connectivity index (χ2n) is 7.80. The van der Waals surface area contributed by atoms with Crippen molar-refractivity contribution in [3.8, 4) is 5.75 Å². The summed E-state index contributed by atoms with van der Waals surface area (Å²) in [6, 6.07) is 32.8. The maximum Gasteiger partial charge on any atom is 0.337 e. The van der Waals surface area contributed by atoms with E-state index in [-0.39, 0.29) is 17.5 Å². The highest BCUT2D eigenvalue weighted by atomic mass is 16.5. The van der Waals surface area contributed by atoms with Gasteiger partial charge in [0.2, 0.25) is 5.78 Å². The summed E-state index contributed by atoms with van der Waals surface area (Å²) >= 11 is 0. The number of carbonyl (C=O) groups is 2. The zero-order valence-electron chi connectivity index (χ0n) is 19.7. The molecule has 0 bridgehead atoms. The fourth-order valence-electron chi connectivity index (χ4n) is 3.38. The number of carbonyl (C=O) groups excluding carboxylic acids is 2. The van der Waals surface area contributed by atoms with Gasteiger partial charge in [-0.3, -0.25) is 4.79 Å². The van der Waals surface area contributed by atoms with Crippen LogP contribution in [0.1, 0.15) is 37.4 Å². The molecule has 0 atom stereocenters. The highest BCUT2D eigenvalue weighted by Crippen LogP contribution is 2.15. The molecule has 0 amide bonds. The number of hydrogen-bond acceptors (Lipinski definition) is 6. The Morgan fingerprint density at radius 2 is 1.33 bits per heavy atom. The van der Waals surface area contributed by atoms with E-state index in [2.05, 4.69) is 10.2 Å². The van der Waals surface area contributed by atoms with Crippen LogP contribution in [0.4, 0.5) is 0 Å². The van der Waals surface area contributed by atoms with Crippen molar-refractivity contribution in [2.75, 3.05) is 7.11 Å². The highest BCUT2D eigenvalue weighted by Gasteiger charge is 2.16. The highest BCUT2D eigenvalue weighted by molar-refractivity contribution is 6.51. The number of ketones is 1. The second-order valence-corrected chi connectivity index (χ2v) is 7.80. The van der Waals surface area contributed by atoms with E-state index in [4.69, 9.17) is 9.47 Å². The van der Waals surface area contributed by atoms with E-state index in [0.717, 1.165) is 11.1 Å². The van der Waals surface area contributed by atoms with Gasteiger partial charge >= 0.3 is 5.97 Å². The van der Waals surface area contributed by atoms with E-state index in [1.54, 1.807) is 30.5 Å². The van der Waals surface area contributed by atoms with Gasteiger partial charge in [-0.1, -0.05) is 72.8 Å². The number of esters is 1. The molecule has 0 spiro atoms. The molecule has 0 heterocycles. The third kappa shape index (κ3) is 6.39. The van der Waals surface area contributed by atoms with Gasteiger partial charge in [-0.05, 0) is 47.5 Å². The van der Waals surface area contributed by atoms with Gasteiger partial charge in [0.25, 0.3) is 0 Å². The first-order chi connectivity index (χ1) is 17.6. The monoisotopic (exact) mass is 476 g/mol. The third-order valence-corrected chi connectivity index (χ3v) is 5.32. The predicted molar refractivity (Wildman–Crippen MR) is 140 cm³/mol. The molecule has 0 fully saturated rings. The van der Waals surface area contributed by atoms with E-state index in [1.807, 2.05) is 84.9 Å². The van der Waals surface area contributed by atoms with E-state index in [9.17, 15) is 9.59 Å². The predicted octanol–water partition coefficient (Wildman–Crippen LogP) is 5.76. The van der Waals surface area contributed by atoms with Crippen LogP contribution >= 0.6 is 0 Å². The van der Waals surface area contributed by atoms with Gasteiger partial charge < -0.3 is 9.47 Å². The van der Waals surface area contributed by atoms with Gasteiger partial charge in [0.1, 0.15) is 18.1 Å². The number of benzene rings is 4. The molecular formula is C30H24N2O4. The number of rotatable bonds is 9. The molecular weight excluding hydrogens is 452 g/mol. The molecule has 4 aromatic rings. The van der Waals surface area contributed by atoms with Crippen molar-refractivity contribution < 1.29 is 19.1 Å². The molecule has 0 aliphatic carbocycles. The Balaban J connectivity index is 1.42. The summed E-state index contributed by atoms with van der Waals surface area (Å²) in [6.45, 7) is 0.362. The van der Waals surface area contributed by atoms with Crippen LogP contribution in [0.5, 0.6) is 5.75 Å². The quantitative estimate of drug-likeness (QED) is 0.133. The molecule has 0 unspecified atom stereocenters. The number of Topliss-reactive ketones (excluding diaryl/α,β-unsaturated/α-hetero) is 1. The molecule has 0 N–H and O–H groups in total. The first kappa shape index (κ1) is 24.3. The lowest BCUT2D eigenvalue weighted by Gasteiger charge is -2.07. The molecule has 0 aliphatic rings. The largest absolute Gasteiger partial charge is 0.489 e. The van der Waals surface area contributed by atoms with Crippen LogP contribution in [0.25, 0.3) is 0 Å². The molecule has 178 valence electrons. The van der Waals surface area contributed by atoms with E-state index < -0.39 is 0 Å². The van der Waals surface area contributed by atoms with Gasteiger partial charge in [-0.15, -0.1) is 5.10 Å². The molecule has 6 nitrogen and oxygen atoms in total. The van der Waals surface area contributed by atoms with Gasteiger partial charge in [0.15, 0.2) is 0 Å². The summed E-state index contributed by atoms with van der Waals surface area (Å²) in [4.78, 5) is 24.6. The third-order valence-electron chi connectivity index (χ3n) is 5.32. The van der Waals surface area contributed by atoms with Crippen LogP contribution in [-0.4, -0.2) is 30.8 Å².